The van der Waals surface area contributed by atoms with Crippen LogP contribution in [-0.2, 0) is 6.42 Å². The molecule has 0 fully saturated rings. The van der Waals surface area contributed by atoms with Gasteiger partial charge in [-0.1, -0.05) is 24.3 Å². The summed E-state index contributed by atoms with van der Waals surface area (Å²) in [4.78, 5) is 0. The molecule has 0 heterocycles. The van der Waals surface area contributed by atoms with E-state index in [2.05, 4.69) is 34.9 Å². The van der Waals surface area contributed by atoms with Gasteiger partial charge < -0.3 is 0 Å². The minimum Gasteiger partial charge on any atom is -0.292 e. The number of benzene rings is 2. The van der Waals surface area contributed by atoms with E-state index in [0.29, 0.717) is 0 Å². The summed E-state index contributed by atoms with van der Waals surface area (Å²) in [7, 11) is 0. The van der Waals surface area contributed by atoms with E-state index in [1.807, 2.05) is 40.1 Å². The lowest BCUT2D eigenvalue weighted by atomic mass is 9.96. The molecule has 0 aliphatic rings. The second kappa shape index (κ2) is 6.85. The van der Waals surface area contributed by atoms with E-state index >= 15 is 0 Å². The van der Waals surface area contributed by atoms with E-state index in [1.54, 1.807) is 0 Å². The van der Waals surface area contributed by atoms with Gasteiger partial charge in [0, 0.05) is 0 Å². The van der Waals surface area contributed by atoms with Gasteiger partial charge in [-0.25, -0.2) is 0 Å². The lowest BCUT2D eigenvalue weighted by Gasteiger charge is -2.13. The number of hydrogen-bond acceptors (Lipinski definition) is 4. The summed E-state index contributed by atoms with van der Waals surface area (Å²) < 4.78 is 0. The zero-order chi connectivity index (χ0) is 17.0. The molecule has 0 unspecified atom stereocenters. The zero-order valence-corrected chi connectivity index (χ0v) is 13.9. The molecule has 0 atom stereocenters. The Bertz CT molecular complexity index is 707. The van der Waals surface area contributed by atoms with Crippen LogP contribution in [0.1, 0.15) is 33.4 Å². The number of nitrogens with zero attached hydrogens (tertiary/aromatic N) is 2. The number of aryl methyl sites for hydroxylation is 4. The number of anilines is 2. The first-order valence-corrected chi connectivity index (χ1v) is 7.46. The molecule has 2 rings (SSSR count). The number of rotatable bonds is 4. The van der Waals surface area contributed by atoms with E-state index in [9.17, 15) is 0 Å². The molecule has 0 saturated carbocycles. The molecule has 0 saturated heterocycles. The molecule has 2 aromatic carbocycles. The monoisotopic (exact) mass is 304 g/mol. The minimum absolute atomic E-state index is 0.822. The van der Waals surface area contributed by atoms with Crippen LogP contribution >= 0.6 is 0 Å². The molecule has 0 aliphatic carbocycles. The van der Waals surface area contributed by atoms with Crippen molar-refractivity contribution in [2.45, 2.75) is 34.1 Å². The van der Waals surface area contributed by atoms with Crippen molar-refractivity contribution in [3.05, 3.63) is 57.6 Å². The highest BCUT2D eigenvalue weighted by atomic mass is 14.9. The lowest BCUT2D eigenvalue weighted by Crippen LogP contribution is -2.00. The van der Waals surface area contributed by atoms with Crippen molar-refractivity contribution in [3.63, 3.8) is 0 Å². The molecule has 2 aromatic rings. The molecule has 4 nitrogen and oxygen atoms in total. The zero-order valence-electron chi connectivity index (χ0n) is 13.9. The number of hydrogen-bond donors (Lipinski definition) is 2. The smallest absolute Gasteiger partial charge is 0.181 e. The molecule has 0 bridgehead atoms. The van der Waals surface area contributed by atoms with Crippen LogP contribution in [0.5, 0.6) is 0 Å². The van der Waals surface area contributed by atoms with Crippen molar-refractivity contribution in [2.24, 2.45) is 0 Å². The molecule has 0 spiro atoms. The number of nitriles is 2. The molecule has 0 radical (unpaired) electrons. The Labute approximate surface area is 137 Å². The van der Waals surface area contributed by atoms with Crippen molar-refractivity contribution >= 4 is 11.4 Å². The summed E-state index contributed by atoms with van der Waals surface area (Å²) in [5.74, 6) is 0. The Kier molecular flexibility index (Phi) is 4.88. The third kappa shape index (κ3) is 3.62. The lowest BCUT2D eigenvalue weighted by molar-refractivity contribution is 1.15. The van der Waals surface area contributed by atoms with Crippen LogP contribution in [0.4, 0.5) is 11.4 Å². The largest absolute Gasteiger partial charge is 0.292 e. The molecule has 0 amide bonds. The molecule has 116 valence electrons. The number of nitrogens with one attached hydrogen (secondary N) is 2. The van der Waals surface area contributed by atoms with Crippen LogP contribution in [0.15, 0.2) is 24.3 Å². The highest BCUT2D eigenvalue weighted by molar-refractivity contribution is 5.62. The van der Waals surface area contributed by atoms with Gasteiger partial charge in [0.25, 0.3) is 0 Å². The predicted molar refractivity (Wildman–Crippen MR) is 93.1 cm³/mol. The predicted octanol–water partition coefficient (Wildman–Crippen LogP) is 4.30. The molecule has 2 N–H and O–H groups in total. The van der Waals surface area contributed by atoms with Gasteiger partial charge >= 0.3 is 0 Å². The van der Waals surface area contributed by atoms with Gasteiger partial charge in [-0.15, -0.1) is 0 Å². The SMILES string of the molecule is Cc1cc(Cc2cc(C)c(NC#N)c(C)c2)cc(C)c1NC#N. The topological polar surface area (TPSA) is 71.6 Å². The highest BCUT2D eigenvalue weighted by Crippen LogP contribution is 2.26. The average molecular weight is 304 g/mol. The maximum absolute atomic E-state index is 8.81. The van der Waals surface area contributed by atoms with Crippen LogP contribution in [-0.4, -0.2) is 0 Å². The Morgan fingerprint density at radius 2 is 1.00 bits per heavy atom. The molecule has 23 heavy (non-hydrogen) atoms. The van der Waals surface area contributed by atoms with Crippen molar-refractivity contribution in [1.29, 1.82) is 10.5 Å². The van der Waals surface area contributed by atoms with E-state index in [1.165, 1.54) is 11.1 Å². The minimum atomic E-state index is 0.822. The first kappa shape index (κ1) is 16.4. The standard InChI is InChI=1S/C19H20N4/c1-12-5-16(6-13(2)18(12)22-10-20)9-17-7-14(3)19(23-11-21)15(4)8-17/h5-8,22-23H,9H2,1-4H3. The first-order chi connectivity index (χ1) is 11.0. The Balaban J connectivity index is 2.34. The van der Waals surface area contributed by atoms with Crippen LogP contribution < -0.4 is 10.6 Å². The Morgan fingerprint density at radius 3 is 1.26 bits per heavy atom. The molecule has 0 aliphatic heterocycles. The van der Waals surface area contributed by atoms with E-state index in [-0.39, 0.29) is 0 Å². The van der Waals surface area contributed by atoms with Gasteiger partial charge in [0.05, 0.1) is 11.4 Å². The maximum Gasteiger partial charge on any atom is 0.181 e. The fourth-order valence-electron chi connectivity index (χ4n) is 3.05. The van der Waals surface area contributed by atoms with Gasteiger partial charge in [-0.2, -0.15) is 10.5 Å². The molecular weight excluding hydrogens is 284 g/mol. The van der Waals surface area contributed by atoms with Gasteiger partial charge in [-0.3, -0.25) is 10.6 Å². The third-order valence-corrected chi connectivity index (χ3v) is 3.96. The highest BCUT2D eigenvalue weighted by Gasteiger charge is 2.08. The summed E-state index contributed by atoms with van der Waals surface area (Å²) in [5, 5.41) is 23.1. The molecular formula is C19H20N4. The van der Waals surface area contributed by atoms with Gasteiger partial charge in [-0.05, 0) is 67.5 Å². The second-order valence-electron chi connectivity index (χ2n) is 5.86. The van der Waals surface area contributed by atoms with Crippen molar-refractivity contribution in [3.8, 4) is 12.4 Å². The third-order valence-electron chi connectivity index (χ3n) is 3.96. The van der Waals surface area contributed by atoms with Gasteiger partial charge in [0.2, 0.25) is 0 Å². The van der Waals surface area contributed by atoms with Crippen molar-refractivity contribution in [1.82, 2.24) is 0 Å². The summed E-state index contributed by atoms with van der Waals surface area (Å²) in [6.45, 7) is 8.03. The van der Waals surface area contributed by atoms with Crippen LogP contribution in [0.25, 0.3) is 0 Å². The molecule has 0 aromatic heterocycles. The fraction of sp³-hybridized carbons (Fsp3) is 0.263. The summed E-state index contributed by atoms with van der Waals surface area (Å²) in [6, 6.07) is 8.44. The van der Waals surface area contributed by atoms with Crippen LogP contribution in [0, 0.1) is 50.6 Å². The van der Waals surface area contributed by atoms with Gasteiger partial charge in [0.15, 0.2) is 12.4 Å². The Morgan fingerprint density at radius 1 is 0.696 bits per heavy atom. The summed E-state index contributed by atoms with van der Waals surface area (Å²) in [5.41, 5.74) is 8.46. The fourth-order valence-corrected chi connectivity index (χ4v) is 3.05. The quantitative estimate of drug-likeness (QED) is 0.652. The summed E-state index contributed by atoms with van der Waals surface area (Å²) >= 11 is 0. The van der Waals surface area contributed by atoms with E-state index < -0.39 is 0 Å². The van der Waals surface area contributed by atoms with Crippen molar-refractivity contribution in [2.75, 3.05) is 10.6 Å². The summed E-state index contributed by atoms with van der Waals surface area (Å²) in [6.07, 6.45) is 4.79. The first-order valence-electron chi connectivity index (χ1n) is 7.46. The van der Waals surface area contributed by atoms with E-state index in [0.717, 1.165) is 40.0 Å². The maximum atomic E-state index is 8.81. The van der Waals surface area contributed by atoms with Gasteiger partial charge in [0.1, 0.15) is 0 Å². The van der Waals surface area contributed by atoms with Crippen LogP contribution in [0.2, 0.25) is 0 Å². The van der Waals surface area contributed by atoms with Crippen LogP contribution in [0.3, 0.4) is 0 Å². The second-order valence-corrected chi connectivity index (χ2v) is 5.86. The van der Waals surface area contributed by atoms with E-state index in [4.69, 9.17) is 10.5 Å². The average Bonchev–Trinajstić information content (AvgIpc) is 2.47. The Hall–Kier alpha value is -2.98. The molecule has 4 heteroatoms. The van der Waals surface area contributed by atoms with Crippen molar-refractivity contribution < 1.29 is 0 Å². The normalized spacial score (nSPS) is 9.83.